The standard InChI is InChI=1S/C8H17NS/c1-8(2)5-4-6(10-3)7(8)9/h6-7H,4-5,9H2,1-3H3. The Morgan fingerprint density at radius 3 is 2.30 bits per heavy atom. The van der Waals surface area contributed by atoms with Crippen LogP contribution in [0.3, 0.4) is 0 Å². The Morgan fingerprint density at radius 2 is 2.10 bits per heavy atom. The Hall–Kier alpha value is 0.310. The Bertz CT molecular complexity index is 122. The van der Waals surface area contributed by atoms with Crippen LogP contribution in [0.25, 0.3) is 0 Å². The average Bonchev–Trinajstić information content (AvgIpc) is 2.10. The van der Waals surface area contributed by atoms with Gasteiger partial charge in [-0.1, -0.05) is 13.8 Å². The second kappa shape index (κ2) is 2.74. The van der Waals surface area contributed by atoms with E-state index in [-0.39, 0.29) is 0 Å². The summed E-state index contributed by atoms with van der Waals surface area (Å²) < 4.78 is 0. The molecule has 1 fully saturated rings. The lowest BCUT2D eigenvalue weighted by atomic mass is 9.88. The van der Waals surface area contributed by atoms with E-state index in [1.165, 1.54) is 12.8 Å². The van der Waals surface area contributed by atoms with Crippen LogP contribution in [0.5, 0.6) is 0 Å². The Labute approximate surface area is 67.8 Å². The van der Waals surface area contributed by atoms with Crippen LogP contribution in [0.2, 0.25) is 0 Å². The second-order valence-corrected chi connectivity index (χ2v) is 4.90. The van der Waals surface area contributed by atoms with Crippen molar-refractivity contribution in [3.63, 3.8) is 0 Å². The zero-order valence-corrected chi connectivity index (χ0v) is 7.87. The first-order valence-electron chi connectivity index (χ1n) is 3.86. The number of rotatable bonds is 1. The normalized spacial score (nSPS) is 38.4. The molecule has 1 aliphatic carbocycles. The Kier molecular flexibility index (Phi) is 2.31. The zero-order valence-electron chi connectivity index (χ0n) is 7.05. The molecular weight excluding hydrogens is 142 g/mol. The molecule has 0 radical (unpaired) electrons. The topological polar surface area (TPSA) is 26.0 Å². The van der Waals surface area contributed by atoms with Crippen molar-refractivity contribution in [2.45, 2.75) is 38.0 Å². The van der Waals surface area contributed by atoms with Crippen LogP contribution in [0.4, 0.5) is 0 Å². The number of hydrogen-bond acceptors (Lipinski definition) is 2. The van der Waals surface area contributed by atoms with E-state index in [4.69, 9.17) is 5.73 Å². The molecule has 0 aliphatic heterocycles. The van der Waals surface area contributed by atoms with E-state index >= 15 is 0 Å². The molecule has 1 aliphatic rings. The number of thioether (sulfide) groups is 1. The number of hydrogen-bond donors (Lipinski definition) is 1. The molecule has 1 rings (SSSR count). The molecular formula is C8H17NS. The molecule has 10 heavy (non-hydrogen) atoms. The van der Waals surface area contributed by atoms with Crippen molar-refractivity contribution < 1.29 is 0 Å². The van der Waals surface area contributed by atoms with E-state index in [2.05, 4.69) is 20.1 Å². The van der Waals surface area contributed by atoms with Crippen LogP contribution >= 0.6 is 11.8 Å². The van der Waals surface area contributed by atoms with Gasteiger partial charge in [-0.25, -0.2) is 0 Å². The molecule has 0 aromatic heterocycles. The SMILES string of the molecule is CSC1CCC(C)(C)C1N. The number of nitrogens with two attached hydrogens (primary N) is 1. The zero-order chi connectivity index (χ0) is 7.78. The van der Waals surface area contributed by atoms with Crippen LogP contribution in [0.1, 0.15) is 26.7 Å². The Morgan fingerprint density at radius 1 is 1.50 bits per heavy atom. The second-order valence-electron chi connectivity index (χ2n) is 3.83. The fourth-order valence-corrected chi connectivity index (χ4v) is 2.64. The van der Waals surface area contributed by atoms with Gasteiger partial charge in [-0.15, -0.1) is 0 Å². The molecule has 0 amide bonds. The van der Waals surface area contributed by atoms with Crippen molar-refractivity contribution in [2.75, 3.05) is 6.26 Å². The maximum absolute atomic E-state index is 6.05. The first kappa shape index (κ1) is 8.41. The van der Waals surface area contributed by atoms with E-state index in [1.54, 1.807) is 0 Å². The molecule has 1 saturated carbocycles. The summed E-state index contributed by atoms with van der Waals surface area (Å²) in [5.41, 5.74) is 6.43. The average molecular weight is 159 g/mol. The molecule has 2 atom stereocenters. The van der Waals surface area contributed by atoms with Crippen LogP contribution in [-0.2, 0) is 0 Å². The van der Waals surface area contributed by atoms with E-state index in [0.29, 0.717) is 16.7 Å². The van der Waals surface area contributed by atoms with Gasteiger partial charge < -0.3 is 5.73 Å². The van der Waals surface area contributed by atoms with Crippen LogP contribution < -0.4 is 5.73 Å². The first-order chi connectivity index (χ1) is 4.58. The summed E-state index contributed by atoms with van der Waals surface area (Å²) >= 11 is 1.92. The molecule has 2 N–H and O–H groups in total. The van der Waals surface area contributed by atoms with Crippen molar-refractivity contribution in [3.05, 3.63) is 0 Å². The molecule has 1 nitrogen and oxygen atoms in total. The van der Waals surface area contributed by atoms with Gasteiger partial charge in [0.1, 0.15) is 0 Å². The third-order valence-corrected chi connectivity index (χ3v) is 3.81. The monoisotopic (exact) mass is 159 g/mol. The predicted octanol–water partition coefficient (Wildman–Crippen LogP) is 1.87. The lowest BCUT2D eigenvalue weighted by Crippen LogP contribution is -2.38. The molecule has 60 valence electrons. The predicted molar refractivity (Wildman–Crippen MR) is 48.3 cm³/mol. The molecule has 0 heterocycles. The summed E-state index contributed by atoms with van der Waals surface area (Å²) in [6.45, 7) is 4.54. The summed E-state index contributed by atoms with van der Waals surface area (Å²) in [5.74, 6) is 0. The highest BCUT2D eigenvalue weighted by Gasteiger charge is 2.38. The summed E-state index contributed by atoms with van der Waals surface area (Å²) in [4.78, 5) is 0. The third-order valence-electron chi connectivity index (χ3n) is 2.68. The molecule has 2 heteroatoms. The van der Waals surface area contributed by atoms with Gasteiger partial charge in [-0.3, -0.25) is 0 Å². The van der Waals surface area contributed by atoms with E-state index in [0.717, 1.165) is 0 Å². The van der Waals surface area contributed by atoms with Gasteiger partial charge in [0.15, 0.2) is 0 Å². The maximum Gasteiger partial charge on any atom is 0.0210 e. The van der Waals surface area contributed by atoms with Crippen LogP contribution in [0.15, 0.2) is 0 Å². The largest absolute Gasteiger partial charge is 0.326 e. The fourth-order valence-electron chi connectivity index (χ4n) is 1.63. The van der Waals surface area contributed by atoms with Gasteiger partial charge in [0, 0.05) is 11.3 Å². The van der Waals surface area contributed by atoms with Gasteiger partial charge in [0.2, 0.25) is 0 Å². The van der Waals surface area contributed by atoms with E-state index in [1.807, 2.05) is 11.8 Å². The minimum absolute atomic E-state index is 0.383. The van der Waals surface area contributed by atoms with Gasteiger partial charge >= 0.3 is 0 Å². The van der Waals surface area contributed by atoms with Gasteiger partial charge in [-0.2, -0.15) is 11.8 Å². The molecule has 0 saturated heterocycles. The van der Waals surface area contributed by atoms with Gasteiger partial charge in [0.25, 0.3) is 0 Å². The lowest BCUT2D eigenvalue weighted by molar-refractivity contribution is 0.334. The lowest BCUT2D eigenvalue weighted by Gasteiger charge is -2.25. The van der Waals surface area contributed by atoms with Crippen molar-refractivity contribution >= 4 is 11.8 Å². The molecule has 0 aromatic carbocycles. The summed E-state index contributed by atoms with van der Waals surface area (Å²) in [7, 11) is 0. The van der Waals surface area contributed by atoms with Gasteiger partial charge in [0.05, 0.1) is 0 Å². The van der Waals surface area contributed by atoms with Gasteiger partial charge in [-0.05, 0) is 24.5 Å². The summed E-state index contributed by atoms with van der Waals surface area (Å²) in [5, 5.41) is 0.704. The van der Waals surface area contributed by atoms with Crippen molar-refractivity contribution in [2.24, 2.45) is 11.1 Å². The molecule has 0 spiro atoms. The molecule has 0 aromatic rings. The van der Waals surface area contributed by atoms with E-state index < -0.39 is 0 Å². The van der Waals surface area contributed by atoms with Crippen LogP contribution in [-0.4, -0.2) is 17.5 Å². The molecule has 2 unspecified atom stereocenters. The van der Waals surface area contributed by atoms with Crippen molar-refractivity contribution in [3.8, 4) is 0 Å². The maximum atomic E-state index is 6.05. The first-order valence-corrected chi connectivity index (χ1v) is 5.15. The minimum Gasteiger partial charge on any atom is -0.326 e. The summed E-state index contributed by atoms with van der Waals surface area (Å²) in [6, 6.07) is 0.405. The Balaban J connectivity index is 2.58. The summed E-state index contributed by atoms with van der Waals surface area (Å²) in [6.07, 6.45) is 4.75. The van der Waals surface area contributed by atoms with Crippen molar-refractivity contribution in [1.29, 1.82) is 0 Å². The van der Waals surface area contributed by atoms with Crippen LogP contribution in [0, 0.1) is 5.41 Å². The quantitative estimate of drug-likeness (QED) is 0.632. The van der Waals surface area contributed by atoms with Crippen molar-refractivity contribution in [1.82, 2.24) is 0 Å². The minimum atomic E-state index is 0.383. The molecule has 0 bridgehead atoms. The highest BCUT2D eigenvalue weighted by Crippen LogP contribution is 2.40. The fraction of sp³-hybridized carbons (Fsp3) is 1.00. The smallest absolute Gasteiger partial charge is 0.0210 e. The highest BCUT2D eigenvalue weighted by molar-refractivity contribution is 7.99. The highest BCUT2D eigenvalue weighted by atomic mass is 32.2. The third kappa shape index (κ3) is 1.32. The van der Waals surface area contributed by atoms with E-state index in [9.17, 15) is 0 Å².